The molecule has 0 unspecified atom stereocenters. The maximum Gasteiger partial charge on any atom is 0.315 e. The summed E-state index contributed by atoms with van der Waals surface area (Å²) < 4.78 is 5.20. The van der Waals surface area contributed by atoms with Crippen LogP contribution >= 0.6 is 0 Å². The maximum atomic E-state index is 12.2. The average Bonchev–Trinajstić information content (AvgIpc) is 3.44. The van der Waals surface area contributed by atoms with Gasteiger partial charge in [-0.05, 0) is 42.0 Å². The lowest BCUT2D eigenvalue weighted by Crippen LogP contribution is -2.38. The number of ether oxygens (including phenoxy) is 1. The first-order valence-corrected chi connectivity index (χ1v) is 7.98. The molecule has 0 aromatic heterocycles. The number of rotatable bonds is 6. The molecule has 0 heterocycles. The van der Waals surface area contributed by atoms with Gasteiger partial charge in [0, 0.05) is 6.54 Å². The Labute approximate surface area is 136 Å². The summed E-state index contributed by atoms with van der Waals surface area (Å²) in [6.45, 7) is 0.481. The zero-order valence-corrected chi connectivity index (χ0v) is 13.3. The summed E-state index contributed by atoms with van der Waals surface area (Å²) in [6.07, 6.45) is 2.35. The van der Waals surface area contributed by atoms with Gasteiger partial charge in [-0.15, -0.1) is 0 Å². The summed E-state index contributed by atoms with van der Waals surface area (Å²) in [4.78, 5) is 12.2. The van der Waals surface area contributed by atoms with Crippen molar-refractivity contribution in [1.29, 1.82) is 0 Å². The van der Waals surface area contributed by atoms with E-state index in [1.54, 1.807) is 7.11 Å². The van der Waals surface area contributed by atoms with E-state index in [1.807, 2.05) is 42.5 Å². The van der Waals surface area contributed by atoms with E-state index >= 15 is 0 Å². The molecule has 1 saturated carbocycles. The summed E-state index contributed by atoms with van der Waals surface area (Å²) in [5.74, 6) is 1.35. The van der Waals surface area contributed by atoms with Crippen LogP contribution in [0, 0.1) is 5.92 Å². The molecule has 2 aromatic rings. The minimum absolute atomic E-state index is 0.0986. The van der Waals surface area contributed by atoms with Gasteiger partial charge >= 0.3 is 6.03 Å². The molecule has 3 rings (SSSR count). The standard InChI is InChI=1S/C19H22N2O2/c1-23-17-9-5-6-14(12-17)13-20-19(22)21-18(16-10-11-16)15-7-3-2-4-8-15/h2-9,12,16,18H,10-11,13H2,1H3,(H2,20,21,22)/t18-/m0/s1. The Morgan fingerprint density at radius 1 is 1.17 bits per heavy atom. The maximum absolute atomic E-state index is 12.2. The number of carbonyl (C=O) groups excluding carboxylic acids is 1. The van der Waals surface area contributed by atoms with Crippen molar-refractivity contribution in [3.05, 3.63) is 65.7 Å². The molecule has 1 atom stereocenters. The summed E-state index contributed by atoms with van der Waals surface area (Å²) in [5, 5.41) is 6.04. The topological polar surface area (TPSA) is 50.4 Å². The highest BCUT2D eigenvalue weighted by Gasteiger charge is 2.33. The van der Waals surface area contributed by atoms with Crippen LogP contribution in [0.3, 0.4) is 0 Å². The molecule has 0 aliphatic heterocycles. The van der Waals surface area contributed by atoms with Crippen LogP contribution in [-0.2, 0) is 6.54 Å². The predicted octanol–water partition coefficient (Wildman–Crippen LogP) is 3.65. The fourth-order valence-electron chi connectivity index (χ4n) is 2.72. The number of hydrogen-bond acceptors (Lipinski definition) is 2. The fourth-order valence-corrected chi connectivity index (χ4v) is 2.72. The largest absolute Gasteiger partial charge is 0.497 e. The number of hydrogen-bond donors (Lipinski definition) is 2. The van der Waals surface area contributed by atoms with Crippen LogP contribution < -0.4 is 15.4 Å². The summed E-state index contributed by atoms with van der Waals surface area (Å²) in [6, 6.07) is 17.9. The van der Waals surface area contributed by atoms with Crippen LogP contribution in [0.15, 0.2) is 54.6 Å². The smallest absolute Gasteiger partial charge is 0.315 e. The van der Waals surface area contributed by atoms with Crippen LogP contribution in [0.1, 0.15) is 30.0 Å². The summed E-state index contributed by atoms with van der Waals surface area (Å²) in [7, 11) is 1.64. The van der Waals surface area contributed by atoms with E-state index < -0.39 is 0 Å². The molecular weight excluding hydrogens is 288 g/mol. The van der Waals surface area contributed by atoms with Crippen molar-refractivity contribution in [3.63, 3.8) is 0 Å². The molecule has 4 nitrogen and oxygen atoms in total. The zero-order chi connectivity index (χ0) is 16.1. The molecular formula is C19H22N2O2. The number of urea groups is 1. The van der Waals surface area contributed by atoms with Gasteiger partial charge in [-0.25, -0.2) is 4.79 Å². The van der Waals surface area contributed by atoms with Gasteiger partial charge in [-0.1, -0.05) is 42.5 Å². The van der Waals surface area contributed by atoms with E-state index in [0.29, 0.717) is 12.5 Å². The second-order valence-electron chi connectivity index (χ2n) is 5.90. The average molecular weight is 310 g/mol. The SMILES string of the molecule is COc1cccc(CNC(=O)N[C@@H](c2ccccc2)C2CC2)c1. The Bertz CT molecular complexity index is 653. The first-order chi connectivity index (χ1) is 11.3. The number of carbonyl (C=O) groups is 1. The van der Waals surface area contributed by atoms with Gasteiger partial charge in [-0.2, -0.15) is 0 Å². The Kier molecular flexibility index (Phi) is 4.81. The first kappa shape index (κ1) is 15.4. The zero-order valence-electron chi connectivity index (χ0n) is 13.3. The Morgan fingerprint density at radius 3 is 2.65 bits per heavy atom. The first-order valence-electron chi connectivity index (χ1n) is 7.98. The lowest BCUT2D eigenvalue weighted by Gasteiger charge is -2.19. The van der Waals surface area contributed by atoms with Crippen molar-refractivity contribution in [3.8, 4) is 5.75 Å². The van der Waals surface area contributed by atoms with Crippen LogP contribution in [0.5, 0.6) is 5.75 Å². The Morgan fingerprint density at radius 2 is 1.96 bits per heavy atom. The van der Waals surface area contributed by atoms with E-state index in [9.17, 15) is 4.79 Å². The molecule has 2 aromatic carbocycles. The molecule has 2 amide bonds. The molecule has 120 valence electrons. The Balaban J connectivity index is 1.57. The van der Waals surface area contributed by atoms with Crippen LogP contribution in [-0.4, -0.2) is 13.1 Å². The van der Waals surface area contributed by atoms with Crippen LogP contribution in [0.2, 0.25) is 0 Å². The molecule has 2 N–H and O–H groups in total. The highest BCUT2D eigenvalue weighted by Crippen LogP contribution is 2.40. The summed E-state index contributed by atoms with van der Waals surface area (Å²) in [5.41, 5.74) is 2.19. The van der Waals surface area contributed by atoms with Gasteiger partial charge < -0.3 is 15.4 Å². The number of methoxy groups -OCH3 is 1. The summed E-state index contributed by atoms with van der Waals surface area (Å²) >= 11 is 0. The molecule has 0 saturated heterocycles. The van der Waals surface area contributed by atoms with Gasteiger partial charge in [0.25, 0.3) is 0 Å². The quantitative estimate of drug-likeness (QED) is 0.855. The molecule has 0 spiro atoms. The number of nitrogens with one attached hydrogen (secondary N) is 2. The second kappa shape index (κ2) is 7.18. The molecule has 0 bridgehead atoms. The highest BCUT2D eigenvalue weighted by molar-refractivity contribution is 5.74. The number of benzene rings is 2. The van der Waals surface area contributed by atoms with Crippen molar-refractivity contribution in [1.82, 2.24) is 10.6 Å². The normalized spacial score (nSPS) is 14.8. The molecule has 4 heteroatoms. The fraction of sp³-hybridized carbons (Fsp3) is 0.316. The molecule has 23 heavy (non-hydrogen) atoms. The van der Waals surface area contributed by atoms with Crippen LogP contribution in [0.25, 0.3) is 0 Å². The molecule has 1 aliphatic carbocycles. The monoisotopic (exact) mass is 310 g/mol. The van der Waals surface area contributed by atoms with E-state index in [0.717, 1.165) is 11.3 Å². The van der Waals surface area contributed by atoms with Gasteiger partial charge in [0.2, 0.25) is 0 Å². The van der Waals surface area contributed by atoms with Crippen molar-refractivity contribution < 1.29 is 9.53 Å². The lowest BCUT2D eigenvalue weighted by molar-refractivity contribution is 0.235. The van der Waals surface area contributed by atoms with Gasteiger partial charge in [0.1, 0.15) is 5.75 Å². The third-order valence-corrected chi connectivity index (χ3v) is 4.13. The molecule has 1 aliphatic rings. The Hall–Kier alpha value is -2.49. The van der Waals surface area contributed by atoms with Gasteiger partial charge in [0.05, 0.1) is 13.2 Å². The van der Waals surface area contributed by atoms with Crippen molar-refractivity contribution in [2.75, 3.05) is 7.11 Å². The second-order valence-corrected chi connectivity index (χ2v) is 5.90. The van der Waals surface area contributed by atoms with Crippen molar-refractivity contribution >= 4 is 6.03 Å². The highest BCUT2D eigenvalue weighted by atomic mass is 16.5. The van der Waals surface area contributed by atoms with Gasteiger partial charge in [0.15, 0.2) is 0 Å². The van der Waals surface area contributed by atoms with Crippen LogP contribution in [0.4, 0.5) is 4.79 Å². The van der Waals surface area contributed by atoms with E-state index in [2.05, 4.69) is 22.8 Å². The predicted molar refractivity (Wildman–Crippen MR) is 90.3 cm³/mol. The third kappa shape index (κ3) is 4.25. The number of amides is 2. The van der Waals surface area contributed by atoms with E-state index in [-0.39, 0.29) is 12.1 Å². The van der Waals surface area contributed by atoms with Crippen molar-refractivity contribution in [2.45, 2.75) is 25.4 Å². The van der Waals surface area contributed by atoms with E-state index in [4.69, 9.17) is 4.74 Å². The molecule has 0 radical (unpaired) electrons. The lowest BCUT2D eigenvalue weighted by atomic mass is 10.0. The minimum Gasteiger partial charge on any atom is -0.497 e. The van der Waals surface area contributed by atoms with Crippen molar-refractivity contribution in [2.24, 2.45) is 5.92 Å². The molecule has 1 fully saturated rings. The minimum atomic E-state index is -0.131. The third-order valence-electron chi connectivity index (χ3n) is 4.13. The van der Waals surface area contributed by atoms with E-state index in [1.165, 1.54) is 18.4 Å². The van der Waals surface area contributed by atoms with Gasteiger partial charge in [-0.3, -0.25) is 0 Å².